The quantitative estimate of drug-likeness (QED) is 0.625. The van der Waals surface area contributed by atoms with Crippen LogP contribution in [0.3, 0.4) is 0 Å². The second kappa shape index (κ2) is 9.26. The molecule has 31 heavy (non-hydrogen) atoms. The monoisotopic (exact) mass is 438 g/mol. The minimum Gasteiger partial charge on any atom is -0.497 e. The van der Waals surface area contributed by atoms with Crippen LogP contribution in [-0.4, -0.2) is 34.1 Å². The highest BCUT2D eigenvalue weighted by Gasteiger charge is 2.36. The lowest BCUT2D eigenvalue weighted by molar-refractivity contribution is -0.123. The van der Waals surface area contributed by atoms with Crippen LogP contribution in [0.4, 0.5) is 5.69 Å². The van der Waals surface area contributed by atoms with E-state index in [-0.39, 0.29) is 11.6 Å². The lowest BCUT2D eigenvalue weighted by Crippen LogP contribution is -2.49. The summed E-state index contributed by atoms with van der Waals surface area (Å²) >= 11 is 1.09. The van der Waals surface area contributed by atoms with E-state index in [0.29, 0.717) is 17.0 Å². The van der Waals surface area contributed by atoms with Gasteiger partial charge < -0.3 is 10.1 Å². The predicted octanol–water partition coefficient (Wildman–Crippen LogP) is 4.16. The average Bonchev–Trinajstić information content (AvgIpc) is 3.26. The fourth-order valence-electron chi connectivity index (χ4n) is 3.22. The summed E-state index contributed by atoms with van der Waals surface area (Å²) in [7, 11) is 1.58. The predicted molar refractivity (Wildman–Crippen MR) is 122 cm³/mol. The van der Waals surface area contributed by atoms with Crippen molar-refractivity contribution in [2.24, 2.45) is 0 Å². The van der Waals surface area contributed by atoms with Crippen LogP contribution in [-0.2, 0) is 4.79 Å². The molecule has 0 radical (unpaired) electrons. The van der Waals surface area contributed by atoms with Crippen LogP contribution < -0.4 is 15.0 Å². The van der Waals surface area contributed by atoms with E-state index in [2.05, 4.69) is 14.9 Å². The molecule has 162 valence electrons. The second-order valence-corrected chi connectivity index (χ2v) is 8.78. The number of aryl methyl sites for hydroxylation is 1. The number of hydrogen-bond acceptors (Lipinski definition) is 6. The molecule has 2 aromatic carbocycles. The lowest BCUT2D eigenvalue weighted by atomic mass is 9.99. The zero-order chi connectivity index (χ0) is 22.6. The highest BCUT2D eigenvalue weighted by molar-refractivity contribution is 7.03. The van der Waals surface area contributed by atoms with Crippen LogP contribution in [0.5, 0.6) is 5.75 Å². The van der Waals surface area contributed by atoms with E-state index < -0.39 is 17.5 Å². The summed E-state index contributed by atoms with van der Waals surface area (Å²) in [6.07, 6.45) is 0. The molecule has 0 aliphatic carbocycles. The first kappa shape index (κ1) is 22.4. The maximum absolute atomic E-state index is 13.6. The molecule has 0 fully saturated rings. The molecule has 2 amide bonds. The van der Waals surface area contributed by atoms with Crippen molar-refractivity contribution in [3.8, 4) is 5.75 Å². The van der Waals surface area contributed by atoms with Crippen LogP contribution in [0, 0.1) is 6.92 Å². The first-order valence-corrected chi connectivity index (χ1v) is 10.7. The largest absolute Gasteiger partial charge is 0.497 e. The van der Waals surface area contributed by atoms with E-state index in [1.54, 1.807) is 36.8 Å². The van der Waals surface area contributed by atoms with Gasteiger partial charge >= 0.3 is 0 Å². The number of carbonyl (C=O) groups is 2. The molecule has 8 heteroatoms. The molecule has 0 unspecified atom stereocenters. The number of anilines is 1. The van der Waals surface area contributed by atoms with Crippen LogP contribution in [0.15, 0.2) is 53.9 Å². The van der Waals surface area contributed by atoms with E-state index >= 15 is 0 Å². The second-order valence-electron chi connectivity index (χ2n) is 8.17. The number of para-hydroxylation sites is 1. The van der Waals surface area contributed by atoms with E-state index in [1.165, 1.54) is 4.90 Å². The van der Waals surface area contributed by atoms with Crippen molar-refractivity contribution in [2.45, 2.75) is 39.3 Å². The smallest absolute Gasteiger partial charge is 0.280 e. The maximum atomic E-state index is 13.6. The van der Waals surface area contributed by atoms with Gasteiger partial charge in [0.25, 0.3) is 5.91 Å². The molecule has 3 aromatic rings. The Morgan fingerprint density at radius 1 is 1.10 bits per heavy atom. The molecule has 0 saturated heterocycles. The van der Waals surface area contributed by atoms with E-state index in [1.807, 2.05) is 52.0 Å². The van der Waals surface area contributed by atoms with Gasteiger partial charge in [-0.05, 0) is 68.6 Å². The topological polar surface area (TPSA) is 84.4 Å². The minimum absolute atomic E-state index is 0.190. The Morgan fingerprint density at radius 3 is 2.32 bits per heavy atom. The minimum atomic E-state index is -0.916. The average molecular weight is 439 g/mol. The summed E-state index contributed by atoms with van der Waals surface area (Å²) < 4.78 is 9.09. The number of rotatable bonds is 6. The van der Waals surface area contributed by atoms with Crippen molar-refractivity contribution in [1.29, 1.82) is 0 Å². The van der Waals surface area contributed by atoms with E-state index in [9.17, 15) is 9.59 Å². The van der Waals surface area contributed by atoms with Crippen molar-refractivity contribution in [2.75, 3.05) is 12.0 Å². The van der Waals surface area contributed by atoms with Gasteiger partial charge in [0.15, 0.2) is 5.69 Å². The van der Waals surface area contributed by atoms with Gasteiger partial charge in [-0.15, -0.1) is 5.10 Å². The molecule has 0 bridgehead atoms. The Labute approximate surface area is 186 Å². The highest BCUT2D eigenvalue weighted by atomic mass is 32.1. The van der Waals surface area contributed by atoms with Crippen molar-refractivity contribution >= 4 is 29.0 Å². The number of benzene rings is 2. The normalized spacial score (nSPS) is 12.2. The lowest BCUT2D eigenvalue weighted by Gasteiger charge is -2.34. The number of nitrogens with one attached hydrogen (secondary N) is 1. The summed E-state index contributed by atoms with van der Waals surface area (Å²) in [5, 5.41) is 8.56. The molecule has 0 aliphatic rings. The first-order valence-electron chi connectivity index (χ1n) is 9.83. The fraction of sp³-hybridized carbons (Fsp3) is 0.304. The molecular formula is C23H26N4O3S. The molecule has 1 N–H and O–H groups in total. The maximum Gasteiger partial charge on any atom is 0.280 e. The van der Waals surface area contributed by atoms with Gasteiger partial charge in [-0.25, -0.2) is 0 Å². The molecule has 7 nitrogen and oxygen atoms in total. The van der Waals surface area contributed by atoms with Gasteiger partial charge in [-0.1, -0.05) is 34.8 Å². The molecule has 0 spiro atoms. The number of amides is 2. The number of carbonyl (C=O) groups excluding carboxylic acids is 2. The molecule has 1 heterocycles. The number of methoxy groups -OCH3 is 1. The zero-order valence-corrected chi connectivity index (χ0v) is 19.1. The van der Waals surface area contributed by atoms with Crippen molar-refractivity contribution < 1.29 is 14.3 Å². The summed E-state index contributed by atoms with van der Waals surface area (Å²) in [4.78, 5) is 28.6. The standard InChI is InChI=1S/C23H26N4O3S/c1-15-8-6-7-9-19(15)27(22(29)18-14-31-26-25-18)20(21(28)24-23(2,3)4)16-10-12-17(30-5)13-11-16/h6-14,20H,1-5H3,(H,24,28)/t20-/m0/s1. The Hall–Kier alpha value is -3.26. The van der Waals surface area contributed by atoms with Crippen molar-refractivity contribution in [3.63, 3.8) is 0 Å². The van der Waals surface area contributed by atoms with Crippen LogP contribution in [0.2, 0.25) is 0 Å². The van der Waals surface area contributed by atoms with Gasteiger partial charge in [0, 0.05) is 16.6 Å². The van der Waals surface area contributed by atoms with Gasteiger partial charge in [0.05, 0.1) is 7.11 Å². The molecule has 1 atom stereocenters. The molecule has 3 rings (SSSR count). The van der Waals surface area contributed by atoms with Crippen LogP contribution in [0.25, 0.3) is 0 Å². The Bertz CT molecular complexity index is 1040. The summed E-state index contributed by atoms with van der Waals surface area (Å²) in [5.74, 6) is -0.0263. The molecule has 1 aromatic heterocycles. The number of nitrogens with zero attached hydrogens (tertiary/aromatic N) is 3. The third-order valence-corrected chi connectivity index (χ3v) is 5.11. The summed E-state index contributed by atoms with van der Waals surface area (Å²) in [5.41, 5.74) is 1.86. The summed E-state index contributed by atoms with van der Waals surface area (Å²) in [6.45, 7) is 7.61. The summed E-state index contributed by atoms with van der Waals surface area (Å²) in [6, 6.07) is 13.7. The van der Waals surface area contributed by atoms with Gasteiger partial charge in [0.2, 0.25) is 5.91 Å². The van der Waals surface area contributed by atoms with Crippen molar-refractivity contribution in [1.82, 2.24) is 14.9 Å². The van der Waals surface area contributed by atoms with Gasteiger partial charge in [-0.3, -0.25) is 14.5 Å². The third-order valence-electron chi connectivity index (χ3n) is 4.61. The Balaban J connectivity index is 2.19. The SMILES string of the molecule is COc1ccc([C@@H](C(=O)NC(C)(C)C)N(C(=O)c2csnn2)c2ccccc2C)cc1. The van der Waals surface area contributed by atoms with Gasteiger partial charge in [-0.2, -0.15) is 0 Å². The Morgan fingerprint density at radius 2 is 1.77 bits per heavy atom. The fourth-order valence-corrected chi connectivity index (χ4v) is 3.65. The number of aromatic nitrogens is 2. The number of hydrogen-bond donors (Lipinski definition) is 1. The first-order chi connectivity index (χ1) is 14.7. The van der Waals surface area contributed by atoms with E-state index in [4.69, 9.17) is 4.74 Å². The van der Waals surface area contributed by atoms with Crippen molar-refractivity contribution in [3.05, 3.63) is 70.7 Å². The van der Waals surface area contributed by atoms with Crippen LogP contribution in [0.1, 0.15) is 48.4 Å². The number of ether oxygens (including phenoxy) is 1. The van der Waals surface area contributed by atoms with Gasteiger partial charge in [0.1, 0.15) is 11.8 Å². The Kier molecular flexibility index (Phi) is 6.70. The molecular weight excluding hydrogens is 412 g/mol. The van der Waals surface area contributed by atoms with Crippen LogP contribution >= 0.6 is 11.5 Å². The third kappa shape index (κ3) is 5.27. The highest BCUT2D eigenvalue weighted by Crippen LogP contribution is 2.33. The molecule has 0 saturated carbocycles. The van der Waals surface area contributed by atoms with E-state index in [0.717, 1.165) is 17.1 Å². The molecule has 0 aliphatic heterocycles. The zero-order valence-electron chi connectivity index (χ0n) is 18.2.